The van der Waals surface area contributed by atoms with Crippen molar-refractivity contribution in [1.82, 2.24) is 19.4 Å². The standard InChI is InChI=1S/C29H30N4O3/c34-27(30-16-8-17-31-18-15-23-11-4-5-12-24(23)20-31)21-33-26-14-7-6-13-25(26)32(28(35)29(33)36)19-22-9-2-1-3-10-22/h1-7,9-14H,8,15-21H2,(H,30,34). The molecule has 1 aliphatic heterocycles. The van der Waals surface area contributed by atoms with Crippen LogP contribution in [0.5, 0.6) is 0 Å². The predicted molar refractivity (Wildman–Crippen MR) is 141 cm³/mol. The van der Waals surface area contributed by atoms with Gasteiger partial charge in [0.2, 0.25) is 5.91 Å². The number of aromatic nitrogens is 2. The van der Waals surface area contributed by atoms with E-state index in [4.69, 9.17) is 0 Å². The zero-order valence-corrected chi connectivity index (χ0v) is 20.2. The molecule has 1 amide bonds. The van der Waals surface area contributed by atoms with Crippen LogP contribution in [0.15, 0.2) is 88.5 Å². The number of amides is 1. The Bertz CT molecular complexity index is 1490. The molecule has 0 fully saturated rings. The van der Waals surface area contributed by atoms with Crippen molar-refractivity contribution in [2.45, 2.75) is 32.5 Å². The van der Waals surface area contributed by atoms with Crippen LogP contribution in [-0.4, -0.2) is 39.6 Å². The molecule has 0 aliphatic carbocycles. The van der Waals surface area contributed by atoms with E-state index in [2.05, 4.69) is 34.5 Å². The maximum Gasteiger partial charge on any atom is 0.317 e. The summed E-state index contributed by atoms with van der Waals surface area (Å²) in [7, 11) is 0. The fraction of sp³-hybridized carbons (Fsp3) is 0.276. The third-order valence-electron chi connectivity index (χ3n) is 6.80. The summed E-state index contributed by atoms with van der Waals surface area (Å²) in [6, 6.07) is 25.3. The average Bonchev–Trinajstić information content (AvgIpc) is 2.92. The van der Waals surface area contributed by atoms with Crippen molar-refractivity contribution in [3.63, 3.8) is 0 Å². The number of rotatable bonds is 8. The third kappa shape index (κ3) is 5.16. The maximum absolute atomic E-state index is 13.0. The highest BCUT2D eigenvalue weighted by molar-refractivity contribution is 5.80. The molecule has 2 heterocycles. The van der Waals surface area contributed by atoms with E-state index in [1.165, 1.54) is 20.3 Å². The summed E-state index contributed by atoms with van der Waals surface area (Å²) < 4.78 is 2.77. The number of para-hydroxylation sites is 2. The van der Waals surface area contributed by atoms with Crippen molar-refractivity contribution in [3.8, 4) is 0 Å². The van der Waals surface area contributed by atoms with Gasteiger partial charge in [0, 0.05) is 26.2 Å². The Kier molecular flexibility index (Phi) is 7.09. The number of hydrogen-bond donors (Lipinski definition) is 1. The van der Waals surface area contributed by atoms with Gasteiger partial charge in [0.15, 0.2) is 0 Å². The van der Waals surface area contributed by atoms with Crippen molar-refractivity contribution in [3.05, 3.63) is 116 Å². The van der Waals surface area contributed by atoms with Gasteiger partial charge >= 0.3 is 11.1 Å². The lowest BCUT2D eigenvalue weighted by atomic mass is 10.00. The zero-order valence-electron chi connectivity index (χ0n) is 20.2. The minimum Gasteiger partial charge on any atom is -0.355 e. The smallest absolute Gasteiger partial charge is 0.317 e. The summed E-state index contributed by atoms with van der Waals surface area (Å²) in [6.07, 6.45) is 1.87. The number of hydrogen-bond acceptors (Lipinski definition) is 4. The minimum atomic E-state index is -0.688. The molecule has 0 atom stereocenters. The molecule has 7 heteroatoms. The Hall–Kier alpha value is -3.97. The first-order valence-electron chi connectivity index (χ1n) is 12.4. The van der Waals surface area contributed by atoms with Gasteiger partial charge in [-0.3, -0.25) is 28.4 Å². The summed E-state index contributed by atoms with van der Waals surface area (Å²) in [5.41, 5.74) is 3.61. The van der Waals surface area contributed by atoms with E-state index in [0.717, 1.165) is 38.0 Å². The quantitative estimate of drug-likeness (QED) is 0.310. The highest BCUT2D eigenvalue weighted by Gasteiger charge is 2.17. The van der Waals surface area contributed by atoms with E-state index in [-0.39, 0.29) is 12.5 Å². The molecule has 0 bridgehead atoms. The van der Waals surface area contributed by atoms with E-state index in [9.17, 15) is 14.4 Å². The summed E-state index contributed by atoms with van der Waals surface area (Å²) in [6.45, 7) is 3.49. The van der Waals surface area contributed by atoms with Crippen LogP contribution >= 0.6 is 0 Å². The van der Waals surface area contributed by atoms with Gasteiger partial charge in [-0.15, -0.1) is 0 Å². The summed E-state index contributed by atoms with van der Waals surface area (Å²) in [5.74, 6) is -0.272. The molecule has 1 N–H and O–H groups in total. The van der Waals surface area contributed by atoms with E-state index in [1.807, 2.05) is 48.5 Å². The molecule has 3 aromatic carbocycles. The van der Waals surface area contributed by atoms with Crippen molar-refractivity contribution in [1.29, 1.82) is 0 Å². The SMILES string of the molecule is O=C(Cn1c(=O)c(=O)n(Cc2ccccc2)c2ccccc21)NCCCN1CCc2ccccc2C1. The molecule has 5 rings (SSSR count). The molecule has 0 spiro atoms. The highest BCUT2D eigenvalue weighted by atomic mass is 16.2. The van der Waals surface area contributed by atoms with Crippen LogP contribution in [0.1, 0.15) is 23.1 Å². The van der Waals surface area contributed by atoms with Gasteiger partial charge in [0.25, 0.3) is 0 Å². The van der Waals surface area contributed by atoms with Crippen LogP contribution in [0.2, 0.25) is 0 Å². The Morgan fingerprint density at radius 3 is 2.19 bits per heavy atom. The van der Waals surface area contributed by atoms with E-state index in [0.29, 0.717) is 24.1 Å². The lowest BCUT2D eigenvalue weighted by molar-refractivity contribution is -0.121. The van der Waals surface area contributed by atoms with Crippen molar-refractivity contribution in [2.75, 3.05) is 19.6 Å². The molecular formula is C29H30N4O3. The average molecular weight is 483 g/mol. The fourth-order valence-corrected chi connectivity index (χ4v) is 4.93. The third-order valence-corrected chi connectivity index (χ3v) is 6.80. The van der Waals surface area contributed by atoms with Gasteiger partial charge in [-0.25, -0.2) is 0 Å². The van der Waals surface area contributed by atoms with Crippen LogP contribution in [0.3, 0.4) is 0 Å². The van der Waals surface area contributed by atoms with Crippen molar-refractivity contribution >= 4 is 16.9 Å². The second kappa shape index (κ2) is 10.7. The van der Waals surface area contributed by atoms with E-state index >= 15 is 0 Å². The zero-order chi connectivity index (χ0) is 24.9. The van der Waals surface area contributed by atoms with E-state index < -0.39 is 11.1 Å². The Morgan fingerprint density at radius 1 is 0.778 bits per heavy atom. The Morgan fingerprint density at radius 2 is 1.42 bits per heavy atom. The number of carbonyl (C=O) groups excluding carboxylic acids is 1. The molecule has 0 saturated carbocycles. The lowest BCUT2D eigenvalue weighted by Gasteiger charge is -2.28. The molecule has 184 valence electrons. The molecule has 0 radical (unpaired) electrons. The first-order valence-corrected chi connectivity index (χ1v) is 12.4. The number of carbonyl (C=O) groups is 1. The van der Waals surface area contributed by atoms with Gasteiger partial charge in [-0.1, -0.05) is 66.7 Å². The topological polar surface area (TPSA) is 76.3 Å². The van der Waals surface area contributed by atoms with Crippen LogP contribution in [-0.2, 0) is 30.8 Å². The number of benzene rings is 3. The van der Waals surface area contributed by atoms with Crippen LogP contribution in [0, 0.1) is 0 Å². The van der Waals surface area contributed by atoms with Crippen LogP contribution < -0.4 is 16.4 Å². The molecular weight excluding hydrogens is 452 g/mol. The van der Waals surface area contributed by atoms with Gasteiger partial charge in [-0.2, -0.15) is 0 Å². The fourth-order valence-electron chi connectivity index (χ4n) is 4.93. The molecule has 7 nitrogen and oxygen atoms in total. The first kappa shape index (κ1) is 23.8. The molecule has 4 aromatic rings. The van der Waals surface area contributed by atoms with Gasteiger partial charge in [0.05, 0.1) is 17.6 Å². The van der Waals surface area contributed by atoms with Crippen LogP contribution in [0.4, 0.5) is 0 Å². The largest absolute Gasteiger partial charge is 0.355 e. The predicted octanol–water partition coefficient (Wildman–Crippen LogP) is 2.78. The number of nitrogens with zero attached hydrogens (tertiary/aromatic N) is 3. The number of fused-ring (bicyclic) bond motifs is 2. The van der Waals surface area contributed by atoms with Crippen LogP contribution in [0.25, 0.3) is 11.0 Å². The molecule has 1 aliphatic rings. The maximum atomic E-state index is 13.0. The minimum absolute atomic E-state index is 0.183. The number of nitrogens with one attached hydrogen (secondary N) is 1. The van der Waals surface area contributed by atoms with Crippen molar-refractivity contribution < 1.29 is 4.79 Å². The normalized spacial score (nSPS) is 13.4. The molecule has 0 unspecified atom stereocenters. The lowest BCUT2D eigenvalue weighted by Crippen LogP contribution is -2.44. The first-order chi connectivity index (χ1) is 17.6. The van der Waals surface area contributed by atoms with Crippen molar-refractivity contribution in [2.24, 2.45) is 0 Å². The Balaban J connectivity index is 1.23. The van der Waals surface area contributed by atoms with Gasteiger partial charge < -0.3 is 5.32 Å². The van der Waals surface area contributed by atoms with E-state index in [1.54, 1.807) is 6.07 Å². The molecule has 1 aromatic heterocycles. The summed E-state index contributed by atoms with van der Waals surface area (Å²) >= 11 is 0. The second-order valence-electron chi connectivity index (χ2n) is 9.26. The Labute approximate surface area is 209 Å². The summed E-state index contributed by atoms with van der Waals surface area (Å²) in [4.78, 5) is 41.1. The monoisotopic (exact) mass is 482 g/mol. The van der Waals surface area contributed by atoms with Gasteiger partial charge in [0.1, 0.15) is 6.54 Å². The molecule has 0 saturated heterocycles. The molecule has 36 heavy (non-hydrogen) atoms. The highest BCUT2D eigenvalue weighted by Crippen LogP contribution is 2.18. The second-order valence-corrected chi connectivity index (χ2v) is 9.26. The summed E-state index contributed by atoms with van der Waals surface area (Å²) in [5, 5.41) is 2.92. The van der Waals surface area contributed by atoms with Gasteiger partial charge in [-0.05, 0) is 41.7 Å².